The minimum absolute atomic E-state index is 0.101. The van der Waals surface area contributed by atoms with Crippen LogP contribution < -0.4 is 30.8 Å². The van der Waals surface area contributed by atoms with Crippen molar-refractivity contribution in [3.8, 4) is 28.7 Å². The number of halogens is 4. The van der Waals surface area contributed by atoms with E-state index in [1.54, 1.807) is 18.2 Å². The van der Waals surface area contributed by atoms with E-state index in [1.807, 2.05) is 0 Å². The fourth-order valence-electron chi connectivity index (χ4n) is 5.70. The lowest BCUT2D eigenvalue weighted by molar-refractivity contribution is -0.137. The molecule has 13 nitrogen and oxygen atoms in total. The summed E-state index contributed by atoms with van der Waals surface area (Å²) in [5.41, 5.74) is -4.00. The molecule has 1 aliphatic heterocycles. The Morgan fingerprint density at radius 1 is 0.925 bits per heavy atom. The maximum absolute atomic E-state index is 15.4. The van der Waals surface area contributed by atoms with Gasteiger partial charge in [-0.3, -0.25) is 19.1 Å². The molecule has 6 rings (SSSR count). The Morgan fingerprint density at radius 3 is 2.42 bits per heavy atom. The number of aromatic nitrogens is 4. The maximum atomic E-state index is 15.4. The van der Waals surface area contributed by atoms with Crippen LogP contribution >= 0.6 is 0 Å². The summed E-state index contributed by atoms with van der Waals surface area (Å²) in [5.74, 6) is -1.02. The summed E-state index contributed by atoms with van der Waals surface area (Å²) in [4.78, 5) is 47.8. The topological polar surface area (TPSA) is 133 Å². The number of alkyl halides is 3. The van der Waals surface area contributed by atoms with Crippen LogP contribution in [0.3, 0.4) is 0 Å². The highest BCUT2D eigenvalue weighted by molar-refractivity contribution is 6.02. The number of amides is 1. The minimum atomic E-state index is -4.72. The Kier molecular flexibility index (Phi) is 10.8. The first-order chi connectivity index (χ1) is 25.3. The summed E-state index contributed by atoms with van der Waals surface area (Å²) >= 11 is 0. The van der Waals surface area contributed by atoms with E-state index in [4.69, 9.17) is 14.2 Å². The maximum Gasteiger partial charge on any atom is 0.416 e. The van der Waals surface area contributed by atoms with Gasteiger partial charge in [0.15, 0.2) is 23.1 Å². The van der Waals surface area contributed by atoms with Gasteiger partial charge in [-0.15, -0.1) is 0 Å². The number of fused-ring (bicyclic) bond motifs is 1. The van der Waals surface area contributed by atoms with E-state index in [2.05, 4.69) is 32.2 Å². The lowest BCUT2D eigenvalue weighted by Gasteiger charge is -2.32. The number of hydrogen-bond donors (Lipinski definition) is 1. The Hall–Kier alpha value is -5.81. The summed E-state index contributed by atoms with van der Waals surface area (Å²) < 4.78 is 73.8. The Balaban J connectivity index is 1.17. The molecule has 0 unspecified atom stereocenters. The van der Waals surface area contributed by atoms with Gasteiger partial charge in [-0.2, -0.15) is 23.0 Å². The van der Waals surface area contributed by atoms with Gasteiger partial charge in [0.2, 0.25) is 5.69 Å². The quantitative estimate of drug-likeness (QED) is 0.150. The molecule has 0 saturated carbocycles. The largest absolute Gasteiger partial charge is 0.493 e. The third-order valence-corrected chi connectivity index (χ3v) is 8.68. The second-order valence-electron chi connectivity index (χ2n) is 12.3. The van der Waals surface area contributed by atoms with E-state index < -0.39 is 40.4 Å². The van der Waals surface area contributed by atoms with Crippen LogP contribution in [-0.2, 0) is 13.2 Å². The number of carbonyl (C=O) groups excluding carboxylic acids is 1. The molecule has 0 radical (unpaired) electrons. The molecule has 0 bridgehead atoms. The molecule has 0 aliphatic carbocycles. The molecule has 1 amide bonds. The van der Waals surface area contributed by atoms with Crippen LogP contribution in [0.5, 0.6) is 23.0 Å². The first-order valence-corrected chi connectivity index (χ1v) is 16.5. The predicted octanol–water partition coefficient (Wildman–Crippen LogP) is 4.71. The third kappa shape index (κ3) is 8.31. The van der Waals surface area contributed by atoms with Crippen LogP contribution in [0.1, 0.15) is 22.5 Å². The molecule has 278 valence electrons. The van der Waals surface area contributed by atoms with E-state index in [0.717, 1.165) is 70.5 Å². The van der Waals surface area contributed by atoms with Gasteiger partial charge in [0.25, 0.3) is 11.5 Å². The van der Waals surface area contributed by atoms with Gasteiger partial charge in [0.1, 0.15) is 5.75 Å². The van der Waals surface area contributed by atoms with Gasteiger partial charge in [-0.05, 0) is 55.9 Å². The van der Waals surface area contributed by atoms with Crippen LogP contribution in [0.25, 0.3) is 16.6 Å². The van der Waals surface area contributed by atoms with Gasteiger partial charge in [-0.25, -0.2) is 9.18 Å². The molecule has 0 atom stereocenters. The van der Waals surface area contributed by atoms with Gasteiger partial charge in [-0.1, -0.05) is 6.07 Å². The standard InChI is InChI=1S/C36H35F4N7O6/c1-44-13-15-46(16-14-44)12-5-17-52-31-21-27-25(20-30(31)51-3)28(10-11-41-27)53-29-9-8-23(19-26(29)37)42-33(48)32-34(49)45(2)35(50)47(43-32)24-7-4-6-22(18-24)36(38,39)40/h4,6-11,18-21H,5,12-17H2,1-3H3,(H,42,48). The number of ether oxygens (including phenoxy) is 3. The fraction of sp³-hybridized carbons (Fsp3) is 0.306. The van der Waals surface area contributed by atoms with Crippen molar-refractivity contribution >= 4 is 22.5 Å². The van der Waals surface area contributed by atoms with Crippen molar-refractivity contribution in [1.82, 2.24) is 29.1 Å². The lowest BCUT2D eigenvalue weighted by atomic mass is 10.1. The zero-order valence-corrected chi connectivity index (χ0v) is 28.9. The molecule has 1 N–H and O–H groups in total. The number of methoxy groups -OCH3 is 1. The number of carbonyl (C=O) groups is 1. The summed E-state index contributed by atoms with van der Waals surface area (Å²) in [5, 5.41) is 6.60. The number of rotatable bonds is 11. The van der Waals surface area contributed by atoms with E-state index in [-0.39, 0.29) is 22.9 Å². The molecular formula is C36H35F4N7O6. The van der Waals surface area contributed by atoms with Crippen molar-refractivity contribution in [3.63, 3.8) is 0 Å². The van der Waals surface area contributed by atoms with Gasteiger partial charge >= 0.3 is 11.9 Å². The number of nitrogens with zero attached hydrogens (tertiary/aromatic N) is 6. The van der Waals surface area contributed by atoms with E-state index >= 15 is 4.39 Å². The highest BCUT2D eigenvalue weighted by atomic mass is 19.4. The average Bonchev–Trinajstić information content (AvgIpc) is 3.13. The van der Waals surface area contributed by atoms with E-state index in [9.17, 15) is 27.6 Å². The average molecular weight is 738 g/mol. The van der Waals surface area contributed by atoms with Crippen molar-refractivity contribution in [1.29, 1.82) is 0 Å². The Morgan fingerprint density at radius 2 is 1.70 bits per heavy atom. The van der Waals surface area contributed by atoms with Crippen LogP contribution in [-0.4, -0.2) is 88.5 Å². The van der Waals surface area contributed by atoms with Crippen LogP contribution in [0.2, 0.25) is 0 Å². The molecule has 1 aliphatic rings. The first kappa shape index (κ1) is 37.0. The molecule has 1 saturated heterocycles. The van der Waals surface area contributed by atoms with Crippen molar-refractivity contribution in [2.75, 3.05) is 58.8 Å². The number of benzene rings is 3. The normalized spacial score (nSPS) is 13.9. The molecule has 2 aromatic heterocycles. The Labute approximate surface area is 299 Å². The molecule has 5 aromatic rings. The minimum Gasteiger partial charge on any atom is -0.493 e. The molecule has 17 heteroatoms. The molecular weight excluding hydrogens is 702 g/mol. The first-order valence-electron chi connectivity index (χ1n) is 16.5. The van der Waals surface area contributed by atoms with Gasteiger partial charge in [0, 0.05) is 69.2 Å². The molecule has 1 fully saturated rings. The number of anilines is 1. The molecule has 3 aromatic carbocycles. The number of pyridine rings is 1. The third-order valence-electron chi connectivity index (χ3n) is 8.68. The van der Waals surface area contributed by atoms with Gasteiger partial charge in [0.05, 0.1) is 30.5 Å². The van der Waals surface area contributed by atoms with Crippen molar-refractivity contribution in [2.45, 2.75) is 12.6 Å². The fourth-order valence-corrected chi connectivity index (χ4v) is 5.70. The second kappa shape index (κ2) is 15.4. The lowest BCUT2D eigenvalue weighted by Crippen LogP contribution is -2.44. The number of hydrogen-bond acceptors (Lipinski definition) is 10. The summed E-state index contributed by atoms with van der Waals surface area (Å²) in [6.07, 6.45) is -2.39. The summed E-state index contributed by atoms with van der Waals surface area (Å²) in [6.45, 7) is 5.51. The zero-order valence-electron chi connectivity index (χ0n) is 28.9. The predicted molar refractivity (Wildman–Crippen MR) is 187 cm³/mol. The number of nitrogens with one attached hydrogen (secondary N) is 1. The van der Waals surface area contributed by atoms with Crippen LogP contribution in [0.15, 0.2) is 76.4 Å². The second-order valence-corrected chi connectivity index (χ2v) is 12.3. The van der Waals surface area contributed by atoms with Crippen LogP contribution in [0.4, 0.5) is 23.2 Å². The Bertz CT molecular complexity index is 2270. The van der Waals surface area contributed by atoms with Crippen LogP contribution in [0, 0.1) is 5.82 Å². The molecule has 0 spiro atoms. The number of likely N-dealkylation sites (N-methyl/N-ethyl adjacent to an activating group) is 1. The molecule has 53 heavy (non-hydrogen) atoms. The van der Waals surface area contributed by atoms with E-state index in [1.165, 1.54) is 25.4 Å². The van der Waals surface area contributed by atoms with Crippen molar-refractivity contribution < 1.29 is 36.6 Å². The highest BCUT2D eigenvalue weighted by Crippen LogP contribution is 2.38. The number of piperazine rings is 1. The molecule has 3 heterocycles. The van der Waals surface area contributed by atoms with Crippen molar-refractivity contribution in [2.24, 2.45) is 7.05 Å². The van der Waals surface area contributed by atoms with E-state index in [0.29, 0.717) is 44.3 Å². The monoisotopic (exact) mass is 737 g/mol. The SMILES string of the molecule is COc1cc2c(Oc3ccc(NC(=O)c4nn(-c5cccc(C(F)(F)F)c5)c(=O)n(C)c4=O)cc3F)ccnc2cc1OCCCN1CCN(C)CC1. The summed E-state index contributed by atoms with van der Waals surface area (Å²) in [6, 6.07) is 12.1. The summed E-state index contributed by atoms with van der Waals surface area (Å²) in [7, 11) is 4.66. The highest BCUT2D eigenvalue weighted by Gasteiger charge is 2.31. The van der Waals surface area contributed by atoms with Gasteiger partial charge < -0.3 is 29.3 Å². The zero-order chi connectivity index (χ0) is 37.9. The van der Waals surface area contributed by atoms with Crippen molar-refractivity contribution in [3.05, 3.63) is 105 Å². The smallest absolute Gasteiger partial charge is 0.416 e.